The van der Waals surface area contributed by atoms with Crippen molar-refractivity contribution >= 4 is 24.7 Å². The number of aromatic amines is 1. The van der Waals surface area contributed by atoms with Crippen LogP contribution in [0.5, 0.6) is 5.75 Å². The number of ether oxygens (including phenoxy) is 1. The van der Waals surface area contributed by atoms with E-state index in [2.05, 4.69) is 40.4 Å². The van der Waals surface area contributed by atoms with Gasteiger partial charge in [-0.25, -0.2) is 9.36 Å². The van der Waals surface area contributed by atoms with Gasteiger partial charge in [-0.3, -0.25) is 14.7 Å². The first kappa shape index (κ1) is 23.5. The maximum atomic E-state index is 12.0. The van der Waals surface area contributed by atoms with Gasteiger partial charge in [0.15, 0.2) is 0 Å². The molecule has 0 radical (unpaired) electrons. The van der Waals surface area contributed by atoms with Gasteiger partial charge in [-0.2, -0.15) is 0 Å². The molecule has 2 atom stereocenters. The van der Waals surface area contributed by atoms with Gasteiger partial charge in [0.05, 0.1) is 12.7 Å². The normalized spacial score (nSPS) is 19.5. The number of likely N-dealkylation sites (tertiary alicyclic amines) is 1. The van der Waals surface area contributed by atoms with Crippen LogP contribution in [0.1, 0.15) is 52.9 Å². The van der Waals surface area contributed by atoms with Crippen molar-refractivity contribution in [3.8, 4) is 5.75 Å². The second kappa shape index (κ2) is 9.31. The lowest BCUT2D eigenvalue weighted by atomic mass is 9.87. The summed E-state index contributed by atoms with van der Waals surface area (Å²) in [4.78, 5) is 35.5. The summed E-state index contributed by atoms with van der Waals surface area (Å²) in [6.07, 6.45) is 4.01. The summed E-state index contributed by atoms with van der Waals surface area (Å²) in [5.74, 6) is 0.383. The molecule has 0 amide bonds. The van der Waals surface area contributed by atoms with Crippen molar-refractivity contribution in [2.75, 3.05) is 13.7 Å². The van der Waals surface area contributed by atoms with Crippen molar-refractivity contribution in [2.45, 2.75) is 39.3 Å². The number of aromatic nitrogens is 1. The van der Waals surface area contributed by atoms with Gasteiger partial charge in [0.2, 0.25) is 0 Å². The summed E-state index contributed by atoms with van der Waals surface area (Å²) >= 11 is 0. The van der Waals surface area contributed by atoms with Gasteiger partial charge < -0.3 is 14.2 Å². The molecule has 2 aromatic carbocycles. The van der Waals surface area contributed by atoms with Crippen molar-refractivity contribution in [1.82, 2.24) is 9.88 Å². The van der Waals surface area contributed by atoms with Crippen LogP contribution in [0.3, 0.4) is 0 Å². The molecule has 33 heavy (non-hydrogen) atoms. The Bertz CT molecular complexity index is 1200. The van der Waals surface area contributed by atoms with Crippen LogP contribution in [-0.2, 0) is 15.6 Å². The Morgan fingerprint density at radius 1 is 1.24 bits per heavy atom. The maximum Gasteiger partial charge on any atom is 0.527 e. The number of nitrogens with one attached hydrogen (secondary N) is 1. The predicted octanol–water partition coefficient (Wildman–Crippen LogP) is 4.71. The molecule has 0 aliphatic carbocycles. The third-order valence-electron chi connectivity index (χ3n) is 6.40. The summed E-state index contributed by atoms with van der Waals surface area (Å²) in [6, 6.07) is 11.1. The first-order valence-electron chi connectivity index (χ1n) is 10.9. The molecular formula is C24H29N2O6P. The molecule has 0 spiro atoms. The molecule has 1 saturated heterocycles. The molecule has 1 aliphatic heterocycles. The molecule has 0 unspecified atom stereocenters. The third kappa shape index (κ3) is 5.14. The van der Waals surface area contributed by atoms with Crippen LogP contribution in [0.2, 0.25) is 0 Å². The van der Waals surface area contributed by atoms with Gasteiger partial charge in [0.25, 0.3) is 0 Å². The van der Waals surface area contributed by atoms with E-state index >= 15 is 0 Å². The number of aryl methyl sites for hydroxylation is 1. The highest BCUT2D eigenvalue weighted by atomic mass is 31.2. The number of fused-ring (bicyclic) bond motifs is 1. The molecule has 3 N–H and O–H groups in total. The van der Waals surface area contributed by atoms with Crippen LogP contribution in [0.15, 0.2) is 42.6 Å². The third-order valence-corrected chi connectivity index (χ3v) is 6.80. The number of hydrogen-bond donors (Lipinski definition) is 3. The number of nitrogens with zero attached hydrogens (tertiary/aromatic N) is 1. The lowest BCUT2D eigenvalue weighted by Gasteiger charge is -2.39. The molecule has 1 aromatic heterocycles. The van der Waals surface area contributed by atoms with E-state index in [9.17, 15) is 9.36 Å². The van der Waals surface area contributed by atoms with Gasteiger partial charge in [-0.1, -0.05) is 19.1 Å². The lowest BCUT2D eigenvalue weighted by molar-refractivity contribution is 0.0677. The van der Waals surface area contributed by atoms with E-state index in [1.807, 2.05) is 18.3 Å². The Balaban J connectivity index is 1.63. The molecule has 176 valence electrons. The number of carbonyl (C=O) groups is 1. The standard InChI is InChI=1S/C24H29N2O6P/c1-15-9-11-26(14-20-19-8-10-25-23(19)16(2)13-22(20)31-3)21(12-15)17-4-6-18(7-5-17)24(27)32-33(28,29)30/h4-8,10,13,15,21,25H,9,11-12,14H2,1-3H3,(H2,28,29,30)/t15-,21+/m1/s1. The number of hydrogen-bond acceptors (Lipinski definition) is 5. The first-order chi connectivity index (χ1) is 15.7. The van der Waals surface area contributed by atoms with Crippen molar-refractivity contribution in [3.63, 3.8) is 0 Å². The Hall–Kier alpha value is -2.64. The number of benzene rings is 2. The smallest absolute Gasteiger partial charge is 0.496 e. The SMILES string of the molecule is COc1cc(C)c2[nH]ccc2c1CN1CC[C@@H](C)C[C@H]1c1ccc(C(=O)OP(=O)(O)O)cc1. The van der Waals surface area contributed by atoms with Crippen LogP contribution in [0.25, 0.3) is 10.9 Å². The fourth-order valence-electron chi connectivity index (χ4n) is 4.71. The van der Waals surface area contributed by atoms with Gasteiger partial charge in [0, 0.05) is 35.2 Å². The Morgan fingerprint density at radius 3 is 2.64 bits per heavy atom. The Labute approximate surface area is 192 Å². The monoisotopic (exact) mass is 472 g/mol. The lowest BCUT2D eigenvalue weighted by Crippen LogP contribution is -2.36. The van der Waals surface area contributed by atoms with E-state index in [0.717, 1.165) is 59.3 Å². The second-order valence-electron chi connectivity index (χ2n) is 8.75. The van der Waals surface area contributed by atoms with Crippen LogP contribution in [-0.4, -0.2) is 39.3 Å². The summed E-state index contributed by atoms with van der Waals surface area (Å²) in [7, 11) is -3.18. The van der Waals surface area contributed by atoms with Gasteiger partial charge in [0.1, 0.15) is 5.75 Å². The highest BCUT2D eigenvalue weighted by Gasteiger charge is 2.29. The highest BCUT2D eigenvalue weighted by molar-refractivity contribution is 7.46. The summed E-state index contributed by atoms with van der Waals surface area (Å²) in [5.41, 5.74) is 4.54. The van der Waals surface area contributed by atoms with Crippen LogP contribution < -0.4 is 4.74 Å². The topological polar surface area (TPSA) is 112 Å². The number of phosphoric acid groups is 1. The quantitative estimate of drug-likeness (QED) is 0.446. The Kier molecular flexibility index (Phi) is 6.64. The predicted molar refractivity (Wildman–Crippen MR) is 125 cm³/mol. The number of rotatable bonds is 6. The molecule has 9 heteroatoms. The average Bonchev–Trinajstić information content (AvgIpc) is 3.26. The molecule has 4 rings (SSSR count). The fraction of sp³-hybridized carbons (Fsp3) is 0.375. The summed E-state index contributed by atoms with van der Waals surface area (Å²) in [5, 5.41) is 1.15. The minimum Gasteiger partial charge on any atom is -0.496 e. The van der Waals surface area contributed by atoms with Crippen molar-refractivity contribution in [3.05, 3.63) is 64.8 Å². The molecule has 3 aromatic rings. The molecular weight excluding hydrogens is 443 g/mol. The Morgan fingerprint density at radius 2 is 1.97 bits per heavy atom. The zero-order chi connectivity index (χ0) is 23.8. The van der Waals surface area contributed by atoms with Gasteiger partial charge in [-0.15, -0.1) is 0 Å². The van der Waals surface area contributed by atoms with E-state index in [1.165, 1.54) is 0 Å². The number of methoxy groups -OCH3 is 1. The van der Waals surface area contributed by atoms with Crippen LogP contribution in [0.4, 0.5) is 0 Å². The molecule has 8 nitrogen and oxygen atoms in total. The zero-order valence-electron chi connectivity index (χ0n) is 18.9. The molecule has 0 bridgehead atoms. The zero-order valence-corrected chi connectivity index (χ0v) is 19.8. The maximum absolute atomic E-state index is 12.0. The highest BCUT2D eigenvalue weighted by Crippen LogP contribution is 2.39. The second-order valence-corrected chi connectivity index (χ2v) is 9.91. The molecule has 1 aliphatic rings. The van der Waals surface area contributed by atoms with E-state index in [0.29, 0.717) is 5.92 Å². The van der Waals surface area contributed by atoms with Crippen LogP contribution >= 0.6 is 7.82 Å². The first-order valence-corrected chi connectivity index (χ1v) is 12.5. The van der Waals surface area contributed by atoms with Crippen LogP contribution in [0, 0.1) is 12.8 Å². The minimum atomic E-state index is -4.88. The van der Waals surface area contributed by atoms with E-state index in [1.54, 1.807) is 19.2 Å². The van der Waals surface area contributed by atoms with Gasteiger partial charge >= 0.3 is 13.8 Å². The molecule has 2 heterocycles. The number of H-pyrrole nitrogens is 1. The molecule has 1 fully saturated rings. The van der Waals surface area contributed by atoms with Crippen molar-refractivity contribution in [1.29, 1.82) is 0 Å². The minimum absolute atomic E-state index is 0.103. The summed E-state index contributed by atoms with van der Waals surface area (Å²) in [6.45, 7) is 5.95. The molecule has 0 saturated carbocycles. The van der Waals surface area contributed by atoms with E-state index in [-0.39, 0.29) is 11.6 Å². The van der Waals surface area contributed by atoms with E-state index in [4.69, 9.17) is 14.5 Å². The number of piperidine rings is 1. The van der Waals surface area contributed by atoms with E-state index < -0.39 is 13.8 Å². The summed E-state index contributed by atoms with van der Waals surface area (Å²) < 4.78 is 20.9. The average molecular weight is 472 g/mol. The largest absolute Gasteiger partial charge is 0.527 e. The van der Waals surface area contributed by atoms with Crippen molar-refractivity contribution < 1.29 is 28.4 Å². The fourth-order valence-corrected chi connectivity index (χ4v) is 5.03. The number of phosphoric ester groups is 1. The van der Waals surface area contributed by atoms with Crippen molar-refractivity contribution in [2.24, 2.45) is 5.92 Å². The van der Waals surface area contributed by atoms with Gasteiger partial charge in [-0.05, 0) is 67.6 Å². The number of carbonyl (C=O) groups excluding carboxylic acids is 1.